The fraction of sp³-hybridized carbons (Fsp3) is 0.250. The van der Waals surface area contributed by atoms with Crippen molar-refractivity contribution in [2.75, 3.05) is 13.2 Å². The molecule has 1 rings (SSSR count). The van der Waals surface area contributed by atoms with E-state index in [1.807, 2.05) is 6.92 Å². The summed E-state index contributed by atoms with van der Waals surface area (Å²) in [4.78, 5) is 11.6. The minimum Gasteiger partial charge on any atom is -0.494 e. The molecule has 0 unspecified atom stereocenters. The summed E-state index contributed by atoms with van der Waals surface area (Å²) < 4.78 is 6.03. The Hall–Kier alpha value is -1.29. The van der Waals surface area contributed by atoms with Crippen LogP contribution in [0.2, 0.25) is 0 Å². The van der Waals surface area contributed by atoms with Crippen molar-refractivity contribution in [1.29, 1.82) is 0 Å². The molecule has 0 aromatic heterocycles. The van der Waals surface area contributed by atoms with Crippen LogP contribution >= 0.6 is 15.9 Å². The van der Waals surface area contributed by atoms with Gasteiger partial charge >= 0.3 is 0 Å². The first kappa shape index (κ1) is 12.8. The lowest BCUT2D eigenvalue weighted by molar-refractivity contribution is 0.0958. The number of halogens is 1. The van der Waals surface area contributed by atoms with Gasteiger partial charge in [-0.3, -0.25) is 4.79 Å². The SMILES string of the molecule is C=C(Br)CNC(=O)c1ccc(OCC)cc1. The summed E-state index contributed by atoms with van der Waals surface area (Å²) in [5, 5.41) is 2.72. The van der Waals surface area contributed by atoms with Crippen LogP contribution in [0.15, 0.2) is 35.3 Å². The van der Waals surface area contributed by atoms with Crippen molar-refractivity contribution in [2.45, 2.75) is 6.92 Å². The highest BCUT2D eigenvalue weighted by Crippen LogP contribution is 2.12. The number of amides is 1. The van der Waals surface area contributed by atoms with E-state index in [2.05, 4.69) is 27.8 Å². The molecular weight excluding hydrogens is 270 g/mol. The van der Waals surface area contributed by atoms with Crippen LogP contribution in [0, 0.1) is 0 Å². The average molecular weight is 284 g/mol. The number of benzene rings is 1. The second-order valence-corrected chi connectivity index (χ2v) is 4.28. The van der Waals surface area contributed by atoms with E-state index < -0.39 is 0 Å². The van der Waals surface area contributed by atoms with Gasteiger partial charge in [-0.25, -0.2) is 0 Å². The Morgan fingerprint density at radius 2 is 2.06 bits per heavy atom. The quantitative estimate of drug-likeness (QED) is 0.902. The first-order valence-electron chi connectivity index (χ1n) is 4.98. The third-order valence-corrected chi connectivity index (χ3v) is 2.15. The van der Waals surface area contributed by atoms with Gasteiger partial charge < -0.3 is 10.1 Å². The molecule has 0 saturated heterocycles. The molecule has 3 nitrogen and oxygen atoms in total. The molecular formula is C12H14BrNO2. The number of ether oxygens (including phenoxy) is 1. The zero-order chi connectivity index (χ0) is 12.0. The fourth-order valence-corrected chi connectivity index (χ4v) is 1.29. The minimum absolute atomic E-state index is 0.122. The van der Waals surface area contributed by atoms with Crippen molar-refractivity contribution in [3.05, 3.63) is 40.9 Å². The molecule has 86 valence electrons. The fourth-order valence-electron chi connectivity index (χ4n) is 1.15. The molecule has 0 radical (unpaired) electrons. The summed E-state index contributed by atoms with van der Waals surface area (Å²) in [6.07, 6.45) is 0. The van der Waals surface area contributed by atoms with Gasteiger partial charge in [0.25, 0.3) is 5.91 Å². The highest BCUT2D eigenvalue weighted by Gasteiger charge is 2.04. The highest BCUT2D eigenvalue weighted by atomic mass is 79.9. The van der Waals surface area contributed by atoms with Gasteiger partial charge in [0.1, 0.15) is 5.75 Å². The zero-order valence-electron chi connectivity index (χ0n) is 9.13. The van der Waals surface area contributed by atoms with Gasteiger partial charge in [-0.1, -0.05) is 22.5 Å². The second-order valence-electron chi connectivity index (χ2n) is 3.16. The average Bonchev–Trinajstić information content (AvgIpc) is 2.27. The predicted molar refractivity (Wildman–Crippen MR) is 68.0 cm³/mol. The molecule has 16 heavy (non-hydrogen) atoms. The molecule has 0 saturated carbocycles. The van der Waals surface area contributed by atoms with Gasteiger partial charge in [-0.15, -0.1) is 0 Å². The van der Waals surface area contributed by atoms with E-state index in [4.69, 9.17) is 4.74 Å². The van der Waals surface area contributed by atoms with E-state index in [1.165, 1.54) is 0 Å². The number of hydrogen-bond donors (Lipinski definition) is 1. The number of carbonyl (C=O) groups is 1. The summed E-state index contributed by atoms with van der Waals surface area (Å²) in [5.41, 5.74) is 0.609. The second kappa shape index (κ2) is 6.33. The summed E-state index contributed by atoms with van der Waals surface area (Å²) in [5.74, 6) is 0.646. The van der Waals surface area contributed by atoms with E-state index in [-0.39, 0.29) is 5.91 Å². The molecule has 0 spiro atoms. The number of carbonyl (C=O) groups excluding carboxylic acids is 1. The van der Waals surface area contributed by atoms with Crippen LogP contribution in [0.25, 0.3) is 0 Å². The van der Waals surface area contributed by atoms with Crippen LogP contribution in [0.4, 0.5) is 0 Å². The topological polar surface area (TPSA) is 38.3 Å². The molecule has 0 aliphatic carbocycles. The van der Waals surface area contributed by atoms with Gasteiger partial charge in [0.05, 0.1) is 6.61 Å². The molecule has 0 atom stereocenters. The van der Waals surface area contributed by atoms with Crippen molar-refractivity contribution in [2.24, 2.45) is 0 Å². The van der Waals surface area contributed by atoms with Crippen LogP contribution in [0.5, 0.6) is 5.75 Å². The molecule has 0 bridgehead atoms. The van der Waals surface area contributed by atoms with Crippen molar-refractivity contribution < 1.29 is 9.53 Å². The Labute approximate surface area is 104 Å². The summed E-state index contributed by atoms with van der Waals surface area (Å²) in [6, 6.07) is 7.03. The molecule has 1 N–H and O–H groups in total. The first-order valence-corrected chi connectivity index (χ1v) is 5.77. The van der Waals surface area contributed by atoms with Crippen molar-refractivity contribution in [1.82, 2.24) is 5.32 Å². The number of rotatable bonds is 5. The number of nitrogens with one attached hydrogen (secondary N) is 1. The summed E-state index contributed by atoms with van der Waals surface area (Å²) in [6.45, 7) is 6.60. The Morgan fingerprint density at radius 1 is 1.44 bits per heavy atom. The van der Waals surface area contributed by atoms with Crippen LogP contribution in [-0.2, 0) is 0 Å². The van der Waals surface area contributed by atoms with E-state index >= 15 is 0 Å². The zero-order valence-corrected chi connectivity index (χ0v) is 10.7. The van der Waals surface area contributed by atoms with Gasteiger partial charge in [-0.05, 0) is 31.2 Å². The van der Waals surface area contributed by atoms with E-state index in [0.717, 1.165) is 10.2 Å². The molecule has 0 aliphatic heterocycles. The molecule has 0 fully saturated rings. The van der Waals surface area contributed by atoms with Gasteiger partial charge in [0.15, 0.2) is 0 Å². The first-order chi connectivity index (χ1) is 7.63. The Bertz CT molecular complexity index is 373. The van der Waals surface area contributed by atoms with Gasteiger partial charge in [0, 0.05) is 16.6 Å². The third-order valence-electron chi connectivity index (χ3n) is 1.87. The van der Waals surface area contributed by atoms with Crippen LogP contribution in [0.1, 0.15) is 17.3 Å². The summed E-state index contributed by atoms with van der Waals surface area (Å²) >= 11 is 3.18. The Balaban J connectivity index is 2.59. The maximum absolute atomic E-state index is 11.6. The number of hydrogen-bond acceptors (Lipinski definition) is 2. The smallest absolute Gasteiger partial charge is 0.251 e. The Morgan fingerprint density at radius 3 is 2.56 bits per heavy atom. The summed E-state index contributed by atoms with van der Waals surface area (Å²) in [7, 11) is 0. The lowest BCUT2D eigenvalue weighted by Crippen LogP contribution is -2.24. The van der Waals surface area contributed by atoms with Crippen molar-refractivity contribution in [3.8, 4) is 5.75 Å². The molecule has 1 amide bonds. The minimum atomic E-state index is -0.122. The lowest BCUT2D eigenvalue weighted by atomic mass is 10.2. The maximum Gasteiger partial charge on any atom is 0.251 e. The van der Waals surface area contributed by atoms with Gasteiger partial charge in [0.2, 0.25) is 0 Å². The van der Waals surface area contributed by atoms with Crippen molar-refractivity contribution in [3.63, 3.8) is 0 Å². The Kier molecular flexibility index (Phi) is 5.05. The van der Waals surface area contributed by atoms with Crippen LogP contribution in [-0.4, -0.2) is 19.1 Å². The molecule has 1 aromatic carbocycles. The third kappa shape index (κ3) is 4.06. The lowest BCUT2D eigenvalue weighted by Gasteiger charge is -2.05. The standard InChI is InChI=1S/C12H14BrNO2/c1-3-16-11-6-4-10(5-7-11)12(15)14-8-9(2)13/h4-7H,2-3,8H2,1H3,(H,14,15). The monoisotopic (exact) mass is 283 g/mol. The van der Waals surface area contributed by atoms with Crippen LogP contribution < -0.4 is 10.1 Å². The van der Waals surface area contributed by atoms with Crippen molar-refractivity contribution >= 4 is 21.8 Å². The predicted octanol–water partition coefficient (Wildman–Crippen LogP) is 2.72. The maximum atomic E-state index is 11.6. The van der Waals surface area contributed by atoms with E-state index in [9.17, 15) is 4.79 Å². The normalized spacial score (nSPS) is 9.62. The van der Waals surface area contributed by atoms with E-state index in [1.54, 1.807) is 24.3 Å². The molecule has 0 aliphatic rings. The highest BCUT2D eigenvalue weighted by molar-refractivity contribution is 9.11. The van der Waals surface area contributed by atoms with E-state index in [0.29, 0.717) is 18.7 Å². The largest absolute Gasteiger partial charge is 0.494 e. The molecule has 1 aromatic rings. The van der Waals surface area contributed by atoms with Crippen LogP contribution in [0.3, 0.4) is 0 Å². The van der Waals surface area contributed by atoms with Gasteiger partial charge in [-0.2, -0.15) is 0 Å². The molecule has 0 heterocycles. The molecule has 4 heteroatoms.